The molecule has 2 atom stereocenters. The third kappa shape index (κ3) is 5.02. The van der Waals surface area contributed by atoms with Crippen LogP contribution < -0.4 is 4.90 Å². The summed E-state index contributed by atoms with van der Waals surface area (Å²) in [6.07, 6.45) is 5.94. The number of amides is 1. The molecule has 2 heterocycles. The number of anilines is 1. The maximum absolute atomic E-state index is 13.1. The van der Waals surface area contributed by atoms with Gasteiger partial charge in [0.15, 0.2) is 0 Å². The van der Waals surface area contributed by atoms with E-state index in [2.05, 4.69) is 11.8 Å². The summed E-state index contributed by atoms with van der Waals surface area (Å²) in [7, 11) is 1.35. The minimum absolute atomic E-state index is 0.00707. The van der Waals surface area contributed by atoms with E-state index in [-0.39, 0.29) is 17.4 Å². The van der Waals surface area contributed by atoms with Crippen LogP contribution in [0.15, 0.2) is 6.07 Å². The molecule has 1 N–H and O–H groups in total. The van der Waals surface area contributed by atoms with Crippen molar-refractivity contribution in [1.29, 1.82) is 0 Å². The number of piperidine rings is 1. The van der Waals surface area contributed by atoms with Crippen molar-refractivity contribution in [3.8, 4) is 11.8 Å². The van der Waals surface area contributed by atoms with E-state index < -0.39 is 12.1 Å². The zero-order chi connectivity index (χ0) is 21.2. The molecule has 0 bridgehead atoms. The molecule has 0 spiro atoms. The van der Waals surface area contributed by atoms with E-state index in [1.807, 2.05) is 26.8 Å². The number of hydrogen-bond donors (Lipinski definition) is 1. The fraction of sp³-hybridized carbons (Fsp3) is 0.652. The molecule has 0 unspecified atom stereocenters. The Kier molecular flexibility index (Phi) is 6.70. The van der Waals surface area contributed by atoms with Crippen LogP contribution in [0.4, 0.5) is 5.69 Å². The number of nitrogens with zero attached hydrogens (tertiary/aromatic N) is 1. The van der Waals surface area contributed by atoms with Crippen molar-refractivity contribution in [1.82, 2.24) is 0 Å². The highest BCUT2D eigenvalue weighted by Crippen LogP contribution is 2.40. The summed E-state index contributed by atoms with van der Waals surface area (Å²) in [6.45, 7) is 6.08. The van der Waals surface area contributed by atoms with Gasteiger partial charge >= 0.3 is 5.97 Å². The molecule has 29 heavy (non-hydrogen) atoms. The van der Waals surface area contributed by atoms with E-state index in [4.69, 9.17) is 4.74 Å². The molecule has 1 saturated carbocycles. The van der Waals surface area contributed by atoms with Crippen molar-refractivity contribution >= 4 is 28.9 Å². The van der Waals surface area contributed by atoms with Crippen LogP contribution in [0, 0.1) is 23.2 Å². The second-order valence-electron chi connectivity index (χ2n) is 9.08. The van der Waals surface area contributed by atoms with Crippen LogP contribution in [0.25, 0.3) is 0 Å². The highest BCUT2D eigenvalue weighted by Gasteiger charge is 2.41. The number of rotatable bonds is 3. The van der Waals surface area contributed by atoms with E-state index in [0.29, 0.717) is 22.9 Å². The van der Waals surface area contributed by atoms with Crippen molar-refractivity contribution in [3.63, 3.8) is 0 Å². The van der Waals surface area contributed by atoms with E-state index in [9.17, 15) is 14.7 Å². The number of carbonyl (C=O) groups is 2. The molecule has 5 nitrogen and oxygen atoms in total. The second kappa shape index (κ2) is 8.89. The minimum Gasteiger partial charge on any atom is -0.465 e. The Morgan fingerprint density at radius 1 is 1.21 bits per heavy atom. The van der Waals surface area contributed by atoms with Crippen LogP contribution in [0.3, 0.4) is 0 Å². The number of esters is 1. The Morgan fingerprint density at radius 3 is 2.52 bits per heavy atom. The average molecular weight is 418 g/mol. The zero-order valence-corrected chi connectivity index (χ0v) is 18.6. The van der Waals surface area contributed by atoms with Crippen LogP contribution >= 0.6 is 11.3 Å². The Bertz CT molecular complexity index is 820. The van der Waals surface area contributed by atoms with Gasteiger partial charge in [0, 0.05) is 11.5 Å². The number of ether oxygens (including phenoxy) is 1. The fourth-order valence-corrected chi connectivity index (χ4v) is 5.20. The Morgan fingerprint density at radius 2 is 1.90 bits per heavy atom. The second-order valence-corrected chi connectivity index (χ2v) is 10.1. The van der Waals surface area contributed by atoms with Crippen LogP contribution in [-0.2, 0) is 9.53 Å². The highest BCUT2D eigenvalue weighted by molar-refractivity contribution is 7.15. The first-order valence-electron chi connectivity index (χ1n) is 10.5. The van der Waals surface area contributed by atoms with Crippen molar-refractivity contribution in [2.45, 2.75) is 77.9 Å². The third-order valence-corrected chi connectivity index (χ3v) is 6.71. The fourth-order valence-electron chi connectivity index (χ4n) is 4.28. The molecule has 1 aliphatic heterocycles. The molecule has 2 fully saturated rings. The topological polar surface area (TPSA) is 66.8 Å². The molecular weight excluding hydrogens is 386 g/mol. The number of aliphatic hydroxyl groups is 1. The Hall–Kier alpha value is -1.84. The first-order valence-corrected chi connectivity index (χ1v) is 11.3. The number of hydrogen-bond acceptors (Lipinski definition) is 5. The molecule has 1 aromatic rings. The van der Waals surface area contributed by atoms with Crippen molar-refractivity contribution in [2.24, 2.45) is 11.3 Å². The van der Waals surface area contributed by atoms with Crippen LogP contribution in [0.5, 0.6) is 0 Å². The number of carbonyl (C=O) groups excluding carboxylic acids is 2. The molecule has 6 heteroatoms. The normalized spacial score (nSPS) is 23.5. The van der Waals surface area contributed by atoms with Crippen LogP contribution in [0.1, 0.15) is 80.3 Å². The molecule has 3 rings (SSSR count). The summed E-state index contributed by atoms with van der Waals surface area (Å²) in [6, 6.07) is 1.83. The predicted octanol–water partition coefficient (Wildman–Crippen LogP) is 4.37. The summed E-state index contributed by atoms with van der Waals surface area (Å²) in [5, 5.41) is 10.3. The molecule has 1 saturated heterocycles. The van der Waals surface area contributed by atoms with Gasteiger partial charge in [0.05, 0.1) is 17.7 Å². The summed E-state index contributed by atoms with van der Waals surface area (Å²) >= 11 is 1.25. The van der Waals surface area contributed by atoms with Gasteiger partial charge in [0.25, 0.3) is 5.91 Å². The molecule has 0 aromatic carbocycles. The highest BCUT2D eigenvalue weighted by atomic mass is 32.1. The average Bonchev–Trinajstić information content (AvgIpc) is 3.12. The lowest BCUT2D eigenvalue weighted by Gasteiger charge is -2.43. The van der Waals surface area contributed by atoms with Gasteiger partial charge < -0.3 is 14.7 Å². The van der Waals surface area contributed by atoms with Crippen molar-refractivity contribution in [2.75, 3.05) is 12.0 Å². The lowest BCUT2D eigenvalue weighted by Crippen LogP contribution is -2.54. The standard InChI is InChI=1S/C23H31NO4S/c1-23(2,3)13-12-16-14-18(20(29-16)22(27)28-4)24-17(10-11-19(25)21(24)26)15-8-6-5-7-9-15/h14-15,17,19,25H,5-11H2,1-4H3/t17-,19-/m0/s1. The third-order valence-electron chi connectivity index (χ3n) is 5.69. The quantitative estimate of drug-likeness (QED) is 0.586. The predicted molar refractivity (Wildman–Crippen MR) is 115 cm³/mol. The van der Waals surface area contributed by atoms with Gasteiger partial charge in [-0.1, -0.05) is 31.1 Å². The number of aliphatic hydroxyl groups excluding tert-OH is 1. The van der Waals surface area contributed by atoms with Gasteiger partial charge in [-0.15, -0.1) is 11.3 Å². The largest absolute Gasteiger partial charge is 0.465 e. The summed E-state index contributed by atoms with van der Waals surface area (Å²) in [4.78, 5) is 28.4. The molecule has 1 aromatic heterocycles. The number of methoxy groups -OCH3 is 1. The van der Waals surface area contributed by atoms with Gasteiger partial charge in [0.1, 0.15) is 11.0 Å². The van der Waals surface area contributed by atoms with Crippen molar-refractivity contribution < 1.29 is 19.4 Å². The van der Waals surface area contributed by atoms with Gasteiger partial charge in [-0.2, -0.15) is 0 Å². The Balaban J connectivity index is 2.05. The van der Waals surface area contributed by atoms with Crippen LogP contribution in [-0.4, -0.2) is 36.2 Å². The summed E-state index contributed by atoms with van der Waals surface area (Å²) < 4.78 is 4.99. The van der Waals surface area contributed by atoms with Gasteiger partial charge in [0.2, 0.25) is 0 Å². The van der Waals surface area contributed by atoms with Gasteiger partial charge in [-0.3, -0.25) is 4.79 Å². The summed E-state index contributed by atoms with van der Waals surface area (Å²) in [5.74, 6) is 5.95. The van der Waals surface area contributed by atoms with Crippen LogP contribution in [0.2, 0.25) is 0 Å². The van der Waals surface area contributed by atoms with Gasteiger partial charge in [-0.25, -0.2) is 4.79 Å². The SMILES string of the molecule is COC(=O)c1sc(C#CC(C)(C)C)cc1N1C(=O)[C@@H](O)CC[C@H]1C1CCCCC1. The smallest absolute Gasteiger partial charge is 0.350 e. The molecule has 1 aliphatic carbocycles. The van der Waals surface area contributed by atoms with E-state index in [1.165, 1.54) is 37.7 Å². The molecule has 1 amide bonds. The maximum atomic E-state index is 13.1. The lowest BCUT2D eigenvalue weighted by molar-refractivity contribution is -0.129. The lowest BCUT2D eigenvalue weighted by atomic mass is 9.79. The minimum atomic E-state index is -1.02. The molecule has 0 radical (unpaired) electrons. The molecule has 2 aliphatic rings. The zero-order valence-electron chi connectivity index (χ0n) is 17.8. The van der Waals surface area contributed by atoms with E-state index >= 15 is 0 Å². The maximum Gasteiger partial charge on any atom is 0.350 e. The van der Waals surface area contributed by atoms with E-state index in [0.717, 1.165) is 24.1 Å². The molecular formula is C23H31NO4S. The monoisotopic (exact) mass is 417 g/mol. The summed E-state index contributed by atoms with van der Waals surface area (Å²) in [5.41, 5.74) is 0.372. The van der Waals surface area contributed by atoms with E-state index in [1.54, 1.807) is 4.90 Å². The molecule has 158 valence electrons. The Labute approximate surface area is 177 Å². The first-order chi connectivity index (χ1) is 13.7. The first kappa shape index (κ1) is 21.9. The number of thiophene rings is 1. The van der Waals surface area contributed by atoms with Crippen molar-refractivity contribution in [3.05, 3.63) is 15.8 Å². The van der Waals surface area contributed by atoms with Gasteiger partial charge in [-0.05, 0) is 58.4 Å².